The average molecular weight is 348 g/mol. The summed E-state index contributed by atoms with van der Waals surface area (Å²) in [7, 11) is 1.65. The van der Waals surface area contributed by atoms with E-state index in [-0.39, 0.29) is 0 Å². The van der Waals surface area contributed by atoms with Gasteiger partial charge >= 0.3 is 0 Å². The summed E-state index contributed by atoms with van der Waals surface area (Å²) in [5, 5.41) is 11.6. The Morgan fingerprint density at radius 1 is 1.04 bits per heavy atom. The first-order valence-corrected chi connectivity index (χ1v) is 8.72. The van der Waals surface area contributed by atoms with Crippen molar-refractivity contribution in [2.75, 3.05) is 7.11 Å². The molecule has 5 nitrogen and oxygen atoms in total. The fourth-order valence-electron chi connectivity index (χ4n) is 2.64. The fraction of sp³-hybridized carbons (Fsp3) is 0.105. The molecule has 0 atom stereocenters. The summed E-state index contributed by atoms with van der Waals surface area (Å²) in [4.78, 5) is 4.73. The van der Waals surface area contributed by atoms with Crippen molar-refractivity contribution in [3.05, 3.63) is 65.7 Å². The van der Waals surface area contributed by atoms with Crippen molar-refractivity contribution < 1.29 is 4.74 Å². The van der Waals surface area contributed by atoms with Crippen LogP contribution in [0.4, 0.5) is 0 Å². The molecule has 0 fully saturated rings. The first kappa shape index (κ1) is 15.5. The van der Waals surface area contributed by atoms with Crippen molar-refractivity contribution in [1.82, 2.24) is 20.0 Å². The number of hydrogen-bond acceptors (Lipinski definition) is 5. The molecule has 0 N–H and O–H groups in total. The van der Waals surface area contributed by atoms with Crippen molar-refractivity contribution >= 4 is 11.3 Å². The summed E-state index contributed by atoms with van der Waals surface area (Å²) >= 11 is 1.58. The Bertz CT molecular complexity index is 1010. The van der Waals surface area contributed by atoms with Crippen molar-refractivity contribution in [2.45, 2.75) is 6.92 Å². The van der Waals surface area contributed by atoms with Crippen LogP contribution in [0.2, 0.25) is 0 Å². The minimum Gasteiger partial charge on any atom is -0.497 e. The van der Waals surface area contributed by atoms with Crippen LogP contribution >= 0.6 is 11.3 Å². The highest BCUT2D eigenvalue weighted by Crippen LogP contribution is 2.30. The molecular weight excluding hydrogens is 332 g/mol. The predicted octanol–water partition coefficient (Wildman–Crippen LogP) is 4.37. The van der Waals surface area contributed by atoms with E-state index < -0.39 is 0 Å². The summed E-state index contributed by atoms with van der Waals surface area (Å²) < 4.78 is 7.10. The monoisotopic (exact) mass is 348 g/mol. The lowest BCUT2D eigenvalue weighted by molar-refractivity contribution is 0.414. The van der Waals surface area contributed by atoms with Gasteiger partial charge in [0.2, 0.25) is 0 Å². The van der Waals surface area contributed by atoms with E-state index in [2.05, 4.69) is 27.8 Å². The number of thiazole rings is 1. The molecule has 2 aromatic heterocycles. The second kappa shape index (κ2) is 6.49. The number of nitrogens with zero attached hydrogens (tertiary/aromatic N) is 4. The summed E-state index contributed by atoms with van der Waals surface area (Å²) in [6, 6.07) is 17.9. The third kappa shape index (κ3) is 2.92. The van der Waals surface area contributed by atoms with Crippen LogP contribution in [0.5, 0.6) is 5.75 Å². The van der Waals surface area contributed by atoms with Crippen LogP contribution in [0.1, 0.15) is 5.69 Å². The molecule has 0 bridgehead atoms. The maximum absolute atomic E-state index is 5.29. The zero-order chi connectivity index (χ0) is 17.2. The molecule has 0 saturated heterocycles. The molecule has 0 aliphatic heterocycles. The number of ether oxygens (including phenoxy) is 1. The van der Waals surface area contributed by atoms with E-state index in [1.54, 1.807) is 23.1 Å². The Kier molecular flexibility index (Phi) is 4.03. The minimum atomic E-state index is 0.787. The van der Waals surface area contributed by atoms with Crippen molar-refractivity contribution in [2.24, 2.45) is 0 Å². The van der Waals surface area contributed by atoms with Gasteiger partial charge in [-0.1, -0.05) is 41.6 Å². The minimum absolute atomic E-state index is 0.787. The molecule has 0 unspecified atom stereocenters. The number of aromatic nitrogens is 4. The van der Waals surface area contributed by atoms with Gasteiger partial charge in [0.1, 0.15) is 16.5 Å². The molecule has 2 aromatic carbocycles. The molecule has 0 amide bonds. The average Bonchev–Trinajstić information content (AvgIpc) is 3.29. The number of rotatable bonds is 4. The topological polar surface area (TPSA) is 52.8 Å². The summed E-state index contributed by atoms with van der Waals surface area (Å²) in [6.45, 7) is 2.00. The molecule has 6 heteroatoms. The molecular formula is C19H16N4OS. The highest BCUT2D eigenvalue weighted by molar-refractivity contribution is 7.13. The number of methoxy groups -OCH3 is 1. The van der Waals surface area contributed by atoms with E-state index in [1.165, 1.54) is 0 Å². The van der Waals surface area contributed by atoms with Crippen LogP contribution in [-0.4, -0.2) is 27.1 Å². The van der Waals surface area contributed by atoms with Gasteiger partial charge in [-0.3, -0.25) is 0 Å². The summed E-state index contributed by atoms with van der Waals surface area (Å²) in [5.74, 6) is 0.787. The Balaban J connectivity index is 1.71. The predicted molar refractivity (Wildman–Crippen MR) is 99.2 cm³/mol. The van der Waals surface area contributed by atoms with Gasteiger partial charge < -0.3 is 4.74 Å². The first-order valence-electron chi connectivity index (χ1n) is 7.84. The summed E-state index contributed by atoms with van der Waals surface area (Å²) in [6.07, 6.45) is 0. The van der Waals surface area contributed by atoms with Crippen LogP contribution in [-0.2, 0) is 0 Å². The molecule has 0 aliphatic carbocycles. The van der Waals surface area contributed by atoms with Crippen LogP contribution < -0.4 is 4.74 Å². The number of hydrogen-bond donors (Lipinski definition) is 0. The Hall–Kier alpha value is -2.99. The molecule has 2 heterocycles. The molecule has 4 rings (SSSR count). The van der Waals surface area contributed by atoms with Crippen molar-refractivity contribution in [3.8, 4) is 33.4 Å². The third-order valence-electron chi connectivity index (χ3n) is 3.97. The van der Waals surface area contributed by atoms with Crippen molar-refractivity contribution in [3.63, 3.8) is 0 Å². The van der Waals surface area contributed by atoms with Gasteiger partial charge in [0, 0.05) is 17.0 Å². The highest BCUT2D eigenvalue weighted by Gasteiger charge is 2.16. The van der Waals surface area contributed by atoms with Gasteiger partial charge in [0.15, 0.2) is 0 Å². The standard InChI is InChI=1S/C19H16N4OS/c1-13-18(19-20-17(12-25-19)14-7-4-3-5-8-14)21-22-23(13)15-9-6-10-16(11-15)24-2/h3-12H,1-2H3. The third-order valence-corrected chi connectivity index (χ3v) is 4.82. The van der Waals surface area contributed by atoms with E-state index in [9.17, 15) is 0 Å². The quantitative estimate of drug-likeness (QED) is 0.549. The normalized spacial score (nSPS) is 10.8. The van der Waals surface area contributed by atoms with Gasteiger partial charge in [-0.05, 0) is 19.1 Å². The molecule has 124 valence electrons. The largest absolute Gasteiger partial charge is 0.497 e. The molecule has 0 aliphatic rings. The van der Waals surface area contributed by atoms with Gasteiger partial charge in [-0.25, -0.2) is 9.67 Å². The van der Waals surface area contributed by atoms with Crippen LogP contribution in [0.3, 0.4) is 0 Å². The number of benzene rings is 2. The van der Waals surface area contributed by atoms with Crippen LogP contribution in [0.25, 0.3) is 27.6 Å². The van der Waals surface area contributed by atoms with E-state index >= 15 is 0 Å². The lowest BCUT2D eigenvalue weighted by Crippen LogP contribution is -1.99. The van der Waals surface area contributed by atoms with E-state index in [0.717, 1.165) is 39.1 Å². The second-order valence-electron chi connectivity index (χ2n) is 5.54. The lowest BCUT2D eigenvalue weighted by atomic mass is 10.2. The van der Waals surface area contributed by atoms with Crippen molar-refractivity contribution in [1.29, 1.82) is 0 Å². The molecule has 0 spiro atoms. The molecule has 0 radical (unpaired) electrons. The van der Waals surface area contributed by atoms with Crippen LogP contribution in [0.15, 0.2) is 60.0 Å². The summed E-state index contributed by atoms with van der Waals surface area (Å²) in [5.41, 5.74) is 4.71. The first-order chi connectivity index (χ1) is 12.3. The maximum atomic E-state index is 5.29. The molecule has 4 aromatic rings. The zero-order valence-electron chi connectivity index (χ0n) is 13.9. The smallest absolute Gasteiger partial charge is 0.146 e. The maximum Gasteiger partial charge on any atom is 0.146 e. The van der Waals surface area contributed by atoms with Gasteiger partial charge in [-0.2, -0.15) is 0 Å². The zero-order valence-corrected chi connectivity index (χ0v) is 14.7. The SMILES string of the molecule is COc1cccc(-n2nnc(-c3nc(-c4ccccc4)cs3)c2C)c1. The highest BCUT2D eigenvalue weighted by atomic mass is 32.1. The Morgan fingerprint density at radius 3 is 2.68 bits per heavy atom. The Morgan fingerprint density at radius 2 is 1.88 bits per heavy atom. The molecule has 25 heavy (non-hydrogen) atoms. The second-order valence-corrected chi connectivity index (χ2v) is 6.40. The van der Waals surface area contributed by atoms with Gasteiger partial charge in [-0.15, -0.1) is 16.4 Å². The van der Waals surface area contributed by atoms with Gasteiger partial charge in [0.05, 0.1) is 24.2 Å². The lowest BCUT2D eigenvalue weighted by Gasteiger charge is -2.05. The van der Waals surface area contributed by atoms with Gasteiger partial charge in [0.25, 0.3) is 0 Å². The Labute approximate surface area is 149 Å². The van der Waals surface area contributed by atoms with Crippen LogP contribution in [0, 0.1) is 6.92 Å². The van der Waals surface area contributed by atoms with E-state index in [0.29, 0.717) is 0 Å². The van der Waals surface area contributed by atoms with E-state index in [4.69, 9.17) is 9.72 Å². The van der Waals surface area contributed by atoms with E-state index in [1.807, 2.05) is 49.4 Å². The molecule has 0 saturated carbocycles. The fourth-order valence-corrected chi connectivity index (χ4v) is 3.50.